The molecule has 2 aromatic rings. The second-order valence-electron chi connectivity index (χ2n) is 6.33. The van der Waals surface area contributed by atoms with Crippen LogP contribution in [-0.4, -0.2) is 42.4 Å². The molecule has 138 valence electrons. The number of guanidine groups is 1. The van der Waals surface area contributed by atoms with Crippen LogP contribution >= 0.6 is 0 Å². The van der Waals surface area contributed by atoms with Crippen LogP contribution < -0.4 is 10.6 Å². The molecule has 0 spiro atoms. The van der Waals surface area contributed by atoms with Crippen molar-refractivity contribution in [2.45, 2.75) is 26.8 Å². The Morgan fingerprint density at radius 2 is 1.81 bits per heavy atom. The van der Waals surface area contributed by atoms with Crippen molar-refractivity contribution in [1.29, 1.82) is 0 Å². The molecular weight excluding hydrogens is 326 g/mol. The SMILES string of the molecule is CN=C(NCCC(=O)Nc1ccc(C)cn1)N(C)Cc1ccc(C)cc1. The van der Waals surface area contributed by atoms with Crippen LogP contribution in [0, 0.1) is 13.8 Å². The van der Waals surface area contributed by atoms with E-state index in [1.54, 1.807) is 19.3 Å². The van der Waals surface area contributed by atoms with Gasteiger partial charge in [-0.05, 0) is 31.0 Å². The van der Waals surface area contributed by atoms with Gasteiger partial charge in [0.1, 0.15) is 5.82 Å². The van der Waals surface area contributed by atoms with E-state index in [2.05, 4.69) is 51.8 Å². The number of anilines is 1. The van der Waals surface area contributed by atoms with Crippen LogP contribution in [0.15, 0.2) is 47.6 Å². The molecule has 26 heavy (non-hydrogen) atoms. The molecule has 2 N–H and O–H groups in total. The summed E-state index contributed by atoms with van der Waals surface area (Å²) in [5, 5.41) is 6.01. The van der Waals surface area contributed by atoms with E-state index in [1.807, 2.05) is 24.9 Å². The molecular formula is C20H27N5O. The van der Waals surface area contributed by atoms with E-state index in [0.717, 1.165) is 18.1 Å². The average Bonchev–Trinajstić information content (AvgIpc) is 2.62. The predicted molar refractivity (Wildman–Crippen MR) is 106 cm³/mol. The minimum atomic E-state index is -0.0782. The fraction of sp³-hybridized carbons (Fsp3) is 0.350. The highest BCUT2D eigenvalue weighted by Gasteiger charge is 2.08. The van der Waals surface area contributed by atoms with Crippen LogP contribution in [0.4, 0.5) is 5.82 Å². The Balaban J connectivity index is 1.77. The van der Waals surface area contributed by atoms with E-state index in [9.17, 15) is 4.79 Å². The standard InChI is InChI=1S/C20H27N5O/c1-15-5-8-17(9-6-15)14-25(4)20(21-3)22-12-11-19(26)24-18-10-7-16(2)13-23-18/h5-10,13H,11-12,14H2,1-4H3,(H,21,22)(H,23,24,26). The maximum Gasteiger partial charge on any atom is 0.227 e. The van der Waals surface area contributed by atoms with Gasteiger partial charge in [-0.2, -0.15) is 0 Å². The molecule has 0 aliphatic rings. The summed E-state index contributed by atoms with van der Waals surface area (Å²) in [4.78, 5) is 22.5. The third-order valence-electron chi connectivity index (χ3n) is 3.93. The van der Waals surface area contributed by atoms with Gasteiger partial charge in [0.25, 0.3) is 0 Å². The zero-order valence-corrected chi connectivity index (χ0v) is 15.9. The third kappa shape index (κ3) is 6.20. The average molecular weight is 353 g/mol. The summed E-state index contributed by atoms with van der Waals surface area (Å²) < 4.78 is 0. The first-order chi connectivity index (χ1) is 12.5. The minimum Gasteiger partial charge on any atom is -0.356 e. The second kappa shape index (κ2) is 9.56. The van der Waals surface area contributed by atoms with Gasteiger partial charge in [-0.15, -0.1) is 0 Å². The van der Waals surface area contributed by atoms with Crippen LogP contribution in [0.3, 0.4) is 0 Å². The summed E-state index contributed by atoms with van der Waals surface area (Å²) in [6.07, 6.45) is 2.07. The van der Waals surface area contributed by atoms with Crippen molar-refractivity contribution in [2.75, 3.05) is 26.0 Å². The number of hydrogen-bond acceptors (Lipinski definition) is 3. The first-order valence-corrected chi connectivity index (χ1v) is 8.68. The quantitative estimate of drug-likeness (QED) is 0.619. The predicted octanol–water partition coefficient (Wildman–Crippen LogP) is 2.73. The van der Waals surface area contributed by atoms with Gasteiger partial charge in [0, 0.05) is 39.8 Å². The molecule has 0 aliphatic heterocycles. The number of carbonyl (C=O) groups excluding carboxylic acids is 1. The summed E-state index contributed by atoms with van der Waals surface area (Å²) in [7, 11) is 3.72. The highest BCUT2D eigenvalue weighted by Crippen LogP contribution is 2.06. The summed E-state index contributed by atoms with van der Waals surface area (Å²) in [5.41, 5.74) is 3.52. The maximum absolute atomic E-state index is 12.0. The molecule has 1 aromatic heterocycles. The Morgan fingerprint density at radius 1 is 1.12 bits per heavy atom. The van der Waals surface area contributed by atoms with Crippen LogP contribution in [0.1, 0.15) is 23.1 Å². The molecule has 2 rings (SSSR count). The number of hydrogen-bond donors (Lipinski definition) is 2. The van der Waals surface area contributed by atoms with E-state index < -0.39 is 0 Å². The number of aryl methyl sites for hydroxylation is 2. The molecule has 0 saturated carbocycles. The van der Waals surface area contributed by atoms with Crippen LogP contribution in [-0.2, 0) is 11.3 Å². The highest BCUT2D eigenvalue weighted by atomic mass is 16.1. The summed E-state index contributed by atoms with van der Waals surface area (Å²) >= 11 is 0. The summed E-state index contributed by atoms with van der Waals surface area (Å²) in [5.74, 6) is 1.25. The molecule has 1 amide bonds. The normalized spacial score (nSPS) is 11.2. The Labute approximate surface area is 155 Å². The van der Waals surface area contributed by atoms with E-state index in [0.29, 0.717) is 18.8 Å². The van der Waals surface area contributed by atoms with Crippen molar-refractivity contribution >= 4 is 17.7 Å². The van der Waals surface area contributed by atoms with Gasteiger partial charge in [-0.1, -0.05) is 35.9 Å². The molecule has 0 fully saturated rings. The molecule has 0 aliphatic carbocycles. The number of pyridine rings is 1. The topological polar surface area (TPSA) is 69.6 Å². The van der Waals surface area contributed by atoms with Gasteiger partial charge in [-0.3, -0.25) is 9.79 Å². The molecule has 0 saturated heterocycles. The lowest BCUT2D eigenvalue weighted by Crippen LogP contribution is -2.39. The molecule has 6 nitrogen and oxygen atoms in total. The lowest BCUT2D eigenvalue weighted by atomic mass is 10.1. The van der Waals surface area contributed by atoms with Crippen molar-refractivity contribution in [1.82, 2.24) is 15.2 Å². The van der Waals surface area contributed by atoms with Gasteiger partial charge >= 0.3 is 0 Å². The van der Waals surface area contributed by atoms with Crippen molar-refractivity contribution in [3.8, 4) is 0 Å². The number of nitrogens with zero attached hydrogens (tertiary/aromatic N) is 3. The monoisotopic (exact) mass is 353 g/mol. The van der Waals surface area contributed by atoms with E-state index in [1.165, 1.54) is 11.1 Å². The van der Waals surface area contributed by atoms with Crippen LogP contribution in [0.5, 0.6) is 0 Å². The minimum absolute atomic E-state index is 0.0782. The zero-order valence-electron chi connectivity index (χ0n) is 15.9. The third-order valence-corrected chi connectivity index (χ3v) is 3.93. The van der Waals surface area contributed by atoms with E-state index >= 15 is 0 Å². The van der Waals surface area contributed by atoms with E-state index in [4.69, 9.17) is 0 Å². The summed E-state index contributed by atoms with van der Waals surface area (Å²) in [6, 6.07) is 12.1. The number of benzene rings is 1. The van der Waals surface area contributed by atoms with Crippen molar-refractivity contribution in [3.05, 3.63) is 59.3 Å². The van der Waals surface area contributed by atoms with Crippen LogP contribution in [0.25, 0.3) is 0 Å². The smallest absolute Gasteiger partial charge is 0.227 e. The molecule has 0 bridgehead atoms. The first-order valence-electron chi connectivity index (χ1n) is 8.68. The molecule has 1 heterocycles. The van der Waals surface area contributed by atoms with Crippen molar-refractivity contribution < 1.29 is 4.79 Å². The fourth-order valence-corrected chi connectivity index (χ4v) is 2.46. The summed E-state index contributed by atoms with van der Waals surface area (Å²) in [6.45, 7) is 5.29. The highest BCUT2D eigenvalue weighted by molar-refractivity contribution is 5.90. The Morgan fingerprint density at radius 3 is 2.42 bits per heavy atom. The van der Waals surface area contributed by atoms with Gasteiger partial charge in [-0.25, -0.2) is 4.98 Å². The Kier molecular flexibility index (Phi) is 7.14. The number of aliphatic imine (C=N–C) groups is 1. The Bertz CT molecular complexity index is 738. The number of amides is 1. The van der Waals surface area contributed by atoms with Gasteiger partial charge < -0.3 is 15.5 Å². The molecule has 0 unspecified atom stereocenters. The molecule has 6 heteroatoms. The molecule has 0 atom stereocenters. The molecule has 0 radical (unpaired) electrons. The maximum atomic E-state index is 12.0. The fourth-order valence-electron chi connectivity index (χ4n) is 2.46. The van der Waals surface area contributed by atoms with Gasteiger partial charge in [0.2, 0.25) is 5.91 Å². The lowest BCUT2D eigenvalue weighted by molar-refractivity contribution is -0.116. The van der Waals surface area contributed by atoms with Gasteiger partial charge in [0.15, 0.2) is 5.96 Å². The molecule has 1 aromatic carbocycles. The number of nitrogens with one attached hydrogen (secondary N) is 2. The van der Waals surface area contributed by atoms with Crippen molar-refractivity contribution in [3.63, 3.8) is 0 Å². The number of rotatable bonds is 6. The van der Waals surface area contributed by atoms with Crippen LogP contribution in [0.2, 0.25) is 0 Å². The number of carbonyl (C=O) groups is 1. The lowest BCUT2D eigenvalue weighted by Gasteiger charge is -2.22. The number of aromatic nitrogens is 1. The second-order valence-corrected chi connectivity index (χ2v) is 6.33. The Hall–Kier alpha value is -2.89. The van der Waals surface area contributed by atoms with Gasteiger partial charge in [0.05, 0.1) is 0 Å². The first kappa shape index (κ1) is 19.4. The largest absolute Gasteiger partial charge is 0.356 e. The van der Waals surface area contributed by atoms with Crippen molar-refractivity contribution in [2.24, 2.45) is 4.99 Å². The van der Waals surface area contributed by atoms with E-state index in [-0.39, 0.29) is 5.91 Å². The zero-order chi connectivity index (χ0) is 18.9.